The second-order valence-corrected chi connectivity index (χ2v) is 4.01. The van der Waals surface area contributed by atoms with Gasteiger partial charge in [0.2, 0.25) is 11.8 Å². The van der Waals surface area contributed by atoms with Crippen molar-refractivity contribution < 1.29 is 4.42 Å². The van der Waals surface area contributed by atoms with E-state index in [9.17, 15) is 0 Å². The summed E-state index contributed by atoms with van der Waals surface area (Å²) in [4.78, 5) is 0. The van der Waals surface area contributed by atoms with Crippen molar-refractivity contribution in [1.29, 1.82) is 0 Å². The molecular formula is C13H17N3O. The zero-order valence-corrected chi connectivity index (χ0v) is 10.4. The molecule has 1 aromatic carbocycles. The van der Waals surface area contributed by atoms with Crippen LogP contribution in [0.15, 0.2) is 28.7 Å². The molecule has 1 heterocycles. The van der Waals surface area contributed by atoms with Crippen LogP contribution < -0.4 is 5.32 Å². The molecule has 0 aliphatic heterocycles. The number of rotatable bonds is 4. The molecule has 4 heteroatoms. The summed E-state index contributed by atoms with van der Waals surface area (Å²) in [6.45, 7) is 4.12. The van der Waals surface area contributed by atoms with Crippen LogP contribution in [0.1, 0.15) is 31.3 Å². The van der Waals surface area contributed by atoms with Crippen molar-refractivity contribution in [1.82, 2.24) is 15.5 Å². The number of benzene rings is 1. The monoisotopic (exact) mass is 231 g/mol. The van der Waals surface area contributed by atoms with Crippen molar-refractivity contribution in [2.45, 2.75) is 26.3 Å². The van der Waals surface area contributed by atoms with Crippen LogP contribution in [-0.4, -0.2) is 17.2 Å². The molecule has 0 spiro atoms. The average Bonchev–Trinajstić information content (AvgIpc) is 2.87. The van der Waals surface area contributed by atoms with Crippen molar-refractivity contribution in [3.63, 3.8) is 0 Å². The molecule has 0 saturated heterocycles. The van der Waals surface area contributed by atoms with E-state index in [-0.39, 0.29) is 6.04 Å². The zero-order valence-electron chi connectivity index (χ0n) is 10.4. The molecule has 0 saturated carbocycles. The highest BCUT2D eigenvalue weighted by molar-refractivity contribution is 5.52. The lowest BCUT2D eigenvalue weighted by Crippen LogP contribution is -2.12. The Kier molecular flexibility index (Phi) is 3.54. The first kappa shape index (κ1) is 11.8. The maximum absolute atomic E-state index is 5.61. The van der Waals surface area contributed by atoms with Crippen molar-refractivity contribution in [2.75, 3.05) is 7.05 Å². The minimum Gasteiger partial charge on any atom is -0.419 e. The van der Waals surface area contributed by atoms with E-state index in [1.165, 1.54) is 5.56 Å². The average molecular weight is 231 g/mol. The minimum absolute atomic E-state index is 0.0752. The number of aromatic nitrogens is 2. The molecule has 0 fully saturated rings. The van der Waals surface area contributed by atoms with Crippen molar-refractivity contribution in [3.05, 3.63) is 35.7 Å². The molecule has 90 valence electrons. The first-order chi connectivity index (χ1) is 8.24. The van der Waals surface area contributed by atoms with Gasteiger partial charge in [-0.1, -0.05) is 19.1 Å². The maximum atomic E-state index is 5.61. The topological polar surface area (TPSA) is 51.0 Å². The molecular weight excluding hydrogens is 214 g/mol. The van der Waals surface area contributed by atoms with E-state index in [1.54, 1.807) is 0 Å². The summed E-state index contributed by atoms with van der Waals surface area (Å²) in [6.07, 6.45) is 1.03. The van der Waals surface area contributed by atoms with Crippen LogP contribution in [0.3, 0.4) is 0 Å². The quantitative estimate of drug-likeness (QED) is 0.878. The summed E-state index contributed by atoms with van der Waals surface area (Å²) in [5, 5.41) is 11.1. The van der Waals surface area contributed by atoms with E-state index >= 15 is 0 Å². The van der Waals surface area contributed by atoms with Crippen LogP contribution in [0.5, 0.6) is 0 Å². The fraction of sp³-hybridized carbons (Fsp3) is 0.385. The van der Waals surface area contributed by atoms with Gasteiger partial charge in [0, 0.05) is 5.56 Å². The Balaban J connectivity index is 2.24. The molecule has 0 bridgehead atoms. The van der Waals surface area contributed by atoms with E-state index in [0.29, 0.717) is 11.8 Å². The van der Waals surface area contributed by atoms with Crippen molar-refractivity contribution in [2.24, 2.45) is 0 Å². The number of hydrogen-bond acceptors (Lipinski definition) is 4. The lowest BCUT2D eigenvalue weighted by atomic mass is 10.1. The maximum Gasteiger partial charge on any atom is 0.247 e. The molecule has 2 aromatic rings. The summed E-state index contributed by atoms with van der Waals surface area (Å²) >= 11 is 0. The Morgan fingerprint density at radius 3 is 2.53 bits per heavy atom. The van der Waals surface area contributed by atoms with Gasteiger partial charge in [-0.15, -0.1) is 10.2 Å². The highest BCUT2D eigenvalue weighted by atomic mass is 16.4. The molecule has 1 unspecified atom stereocenters. The zero-order chi connectivity index (χ0) is 12.3. The van der Waals surface area contributed by atoms with Crippen LogP contribution in [0.4, 0.5) is 0 Å². The highest BCUT2D eigenvalue weighted by Crippen LogP contribution is 2.20. The second-order valence-electron chi connectivity index (χ2n) is 4.01. The van der Waals surface area contributed by atoms with Gasteiger partial charge < -0.3 is 9.73 Å². The summed E-state index contributed by atoms with van der Waals surface area (Å²) in [7, 11) is 1.87. The molecule has 0 radical (unpaired) electrons. The number of hydrogen-bond donors (Lipinski definition) is 1. The summed E-state index contributed by atoms with van der Waals surface area (Å²) in [5.74, 6) is 1.19. The van der Waals surface area contributed by atoms with E-state index in [4.69, 9.17) is 4.42 Å². The van der Waals surface area contributed by atoms with Crippen LogP contribution >= 0.6 is 0 Å². The fourth-order valence-electron chi connectivity index (χ4n) is 1.53. The normalized spacial score (nSPS) is 12.6. The van der Waals surface area contributed by atoms with Crippen LogP contribution in [-0.2, 0) is 6.42 Å². The summed E-state index contributed by atoms with van der Waals surface area (Å²) < 4.78 is 5.61. The van der Waals surface area contributed by atoms with Gasteiger partial charge in [0.05, 0.1) is 6.04 Å². The first-order valence-electron chi connectivity index (χ1n) is 5.84. The highest BCUT2D eigenvalue weighted by Gasteiger charge is 2.12. The third-order valence-corrected chi connectivity index (χ3v) is 2.85. The molecule has 4 nitrogen and oxygen atoms in total. The Bertz CT molecular complexity index is 476. The van der Waals surface area contributed by atoms with Crippen LogP contribution in [0, 0.1) is 0 Å². The standard InChI is InChI=1S/C13H17N3O/c1-4-10-5-7-11(8-6-10)13-16-15-12(17-13)9(2)14-3/h5-9,14H,4H2,1-3H3. The van der Waals surface area contributed by atoms with Gasteiger partial charge in [-0.2, -0.15) is 0 Å². The minimum atomic E-state index is 0.0752. The molecule has 1 atom stereocenters. The van der Waals surface area contributed by atoms with E-state index in [2.05, 4.69) is 34.6 Å². The SMILES string of the molecule is CCc1ccc(-c2nnc(C(C)NC)o2)cc1. The largest absolute Gasteiger partial charge is 0.419 e. The number of aryl methyl sites for hydroxylation is 1. The van der Waals surface area contributed by atoms with E-state index < -0.39 is 0 Å². The first-order valence-corrected chi connectivity index (χ1v) is 5.84. The Hall–Kier alpha value is -1.68. The molecule has 1 N–H and O–H groups in total. The lowest BCUT2D eigenvalue weighted by molar-refractivity contribution is 0.441. The number of nitrogens with one attached hydrogen (secondary N) is 1. The molecule has 0 aliphatic rings. The van der Waals surface area contributed by atoms with Gasteiger partial charge in [-0.05, 0) is 38.1 Å². The third-order valence-electron chi connectivity index (χ3n) is 2.85. The van der Waals surface area contributed by atoms with Gasteiger partial charge in [0.15, 0.2) is 0 Å². The van der Waals surface area contributed by atoms with Gasteiger partial charge >= 0.3 is 0 Å². The van der Waals surface area contributed by atoms with Crippen molar-refractivity contribution >= 4 is 0 Å². The Labute approximate surface area is 101 Å². The van der Waals surface area contributed by atoms with Gasteiger partial charge in [-0.25, -0.2) is 0 Å². The molecule has 2 rings (SSSR count). The summed E-state index contributed by atoms with van der Waals surface area (Å²) in [6, 6.07) is 8.27. The van der Waals surface area contributed by atoms with Gasteiger partial charge in [0.1, 0.15) is 0 Å². The van der Waals surface area contributed by atoms with E-state index in [1.807, 2.05) is 26.1 Å². The van der Waals surface area contributed by atoms with Crippen LogP contribution in [0.25, 0.3) is 11.5 Å². The molecule has 0 amide bonds. The molecule has 0 aliphatic carbocycles. The number of nitrogens with zero attached hydrogens (tertiary/aromatic N) is 2. The predicted molar refractivity (Wildman–Crippen MR) is 66.6 cm³/mol. The summed E-state index contributed by atoms with van der Waals surface area (Å²) in [5.41, 5.74) is 2.27. The second kappa shape index (κ2) is 5.10. The Morgan fingerprint density at radius 1 is 1.24 bits per heavy atom. The van der Waals surface area contributed by atoms with Gasteiger partial charge in [-0.3, -0.25) is 0 Å². The van der Waals surface area contributed by atoms with Gasteiger partial charge in [0.25, 0.3) is 0 Å². The predicted octanol–water partition coefficient (Wildman–Crippen LogP) is 2.58. The molecule has 1 aromatic heterocycles. The van der Waals surface area contributed by atoms with Crippen LogP contribution in [0.2, 0.25) is 0 Å². The lowest BCUT2D eigenvalue weighted by Gasteiger charge is -2.02. The smallest absolute Gasteiger partial charge is 0.247 e. The fourth-order valence-corrected chi connectivity index (χ4v) is 1.53. The third kappa shape index (κ3) is 2.53. The Morgan fingerprint density at radius 2 is 1.94 bits per heavy atom. The van der Waals surface area contributed by atoms with E-state index in [0.717, 1.165) is 12.0 Å². The molecule has 17 heavy (non-hydrogen) atoms. The van der Waals surface area contributed by atoms with Crippen molar-refractivity contribution in [3.8, 4) is 11.5 Å².